The molecule has 1 N–H and O–H groups in total. The molecule has 0 spiro atoms. The quantitative estimate of drug-likeness (QED) is 0.690. The van der Waals surface area contributed by atoms with E-state index in [1.807, 2.05) is 12.1 Å². The molecule has 0 radical (unpaired) electrons. The highest BCUT2D eigenvalue weighted by Crippen LogP contribution is 2.32. The van der Waals surface area contributed by atoms with E-state index in [1.165, 1.54) is 24.8 Å². The number of unbranched alkanes of at least 4 members (excludes halogenated alkanes) is 1. The van der Waals surface area contributed by atoms with Gasteiger partial charge in [0, 0.05) is 6.54 Å². The van der Waals surface area contributed by atoms with Crippen LogP contribution in [0.5, 0.6) is 0 Å². The Morgan fingerprint density at radius 1 is 1.11 bits per heavy atom. The van der Waals surface area contributed by atoms with Crippen LogP contribution in [0.15, 0.2) is 24.3 Å². The van der Waals surface area contributed by atoms with Crippen LogP contribution in [0.25, 0.3) is 0 Å². The Bertz CT molecular complexity index is 337. The molecule has 0 aliphatic carbocycles. The van der Waals surface area contributed by atoms with Crippen LogP contribution in [0.2, 0.25) is 0 Å². The second kappa shape index (κ2) is 8.31. The first-order valence-electron chi connectivity index (χ1n) is 7.61. The Hall–Kier alpha value is -0.890. The number of rotatable bonds is 9. The van der Waals surface area contributed by atoms with E-state index in [1.54, 1.807) is 12.1 Å². The van der Waals surface area contributed by atoms with Crippen molar-refractivity contribution < 1.29 is 4.39 Å². The average Bonchev–Trinajstić information content (AvgIpc) is 2.44. The molecule has 0 aliphatic heterocycles. The van der Waals surface area contributed by atoms with Gasteiger partial charge in [0.1, 0.15) is 5.82 Å². The number of hydrogen-bond acceptors (Lipinski definition) is 1. The first-order valence-corrected chi connectivity index (χ1v) is 7.61. The molecule has 1 atom stereocenters. The van der Waals surface area contributed by atoms with Crippen molar-refractivity contribution in [1.82, 2.24) is 5.32 Å². The van der Waals surface area contributed by atoms with Crippen LogP contribution in [-0.2, 0) is 6.42 Å². The molecular formula is C17H28FN. The van der Waals surface area contributed by atoms with Crippen molar-refractivity contribution in [2.24, 2.45) is 5.41 Å². The highest BCUT2D eigenvalue weighted by Gasteiger charge is 2.27. The standard InChI is InChI=1S/C17H28FN/c1-4-7-12-17(5-2,14-19-6-3)13-15-8-10-16(18)11-9-15/h8-11,19H,4-7,12-14H2,1-3H3. The molecule has 0 saturated heterocycles. The van der Waals surface area contributed by atoms with Crippen molar-refractivity contribution >= 4 is 0 Å². The normalized spacial score (nSPS) is 14.3. The second-order valence-electron chi connectivity index (χ2n) is 5.54. The molecule has 0 bridgehead atoms. The van der Waals surface area contributed by atoms with Crippen molar-refractivity contribution in [3.63, 3.8) is 0 Å². The third-order valence-electron chi connectivity index (χ3n) is 4.05. The predicted molar refractivity (Wildman–Crippen MR) is 80.9 cm³/mol. The molecule has 0 heterocycles. The van der Waals surface area contributed by atoms with Gasteiger partial charge in [-0.1, -0.05) is 45.7 Å². The van der Waals surface area contributed by atoms with E-state index in [-0.39, 0.29) is 5.82 Å². The summed E-state index contributed by atoms with van der Waals surface area (Å²) in [5, 5.41) is 3.51. The van der Waals surface area contributed by atoms with E-state index in [9.17, 15) is 4.39 Å². The summed E-state index contributed by atoms with van der Waals surface area (Å²) in [6.07, 6.45) is 5.94. The highest BCUT2D eigenvalue weighted by atomic mass is 19.1. The SMILES string of the molecule is CCCCC(CC)(CNCC)Cc1ccc(F)cc1. The van der Waals surface area contributed by atoms with Gasteiger partial charge in [-0.15, -0.1) is 0 Å². The predicted octanol–water partition coefficient (Wildman–Crippen LogP) is 4.56. The molecule has 0 amide bonds. The molecule has 0 aliphatic rings. The zero-order chi connectivity index (χ0) is 14.1. The van der Waals surface area contributed by atoms with Gasteiger partial charge in [0.25, 0.3) is 0 Å². The van der Waals surface area contributed by atoms with E-state index in [4.69, 9.17) is 0 Å². The van der Waals surface area contributed by atoms with E-state index in [0.717, 1.165) is 25.9 Å². The smallest absolute Gasteiger partial charge is 0.123 e. The summed E-state index contributed by atoms with van der Waals surface area (Å²) < 4.78 is 13.0. The minimum atomic E-state index is -0.147. The van der Waals surface area contributed by atoms with Gasteiger partial charge in [-0.3, -0.25) is 0 Å². The Morgan fingerprint density at radius 3 is 2.32 bits per heavy atom. The first-order chi connectivity index (χ1) is 9.15. The summed E-state index contributed by atoms with van der Waals surface area (Å²) in [5.74, 6) is -0.147. The summed E-state index contributed by atoms with van der Waals surface area (Å²) in [6, 6.07) is 7.00. The number of benzene rings is 1. The molecule has 1 nitrogen and oxygen atoms in total. The lowest BCUT2D eigenvalue weighted by atomic mass is 9.75. The molecule has 0 saturated carbocycles. The second-order valence-corrected chi connectivity index (χ2v) is 5.54. The van der Waals surface area contributed by atoms with Gasteiger partial charge in [0.2, 0.25) is 0 Å². The average molecular weight is 265 g/mol. The Kier molecular flexibility index (Phi) is 7.07. The van der Waals surface area contributed by atoms with E-state index in [0.29, 0.717) is 5.41 Å². The third-order valence-corrected chi connectivity index (χ3v) is 4.05. The van der Waals surface area contributed by atoms with Crippen LogP contribution in [0.3, 0.4) is 0 Å². The van der Waals surface area contributed by atoms with Crippen LogP contribution in [-0.4, -0.2) is 13.1 Å². The van der Waals surface area contributed by atoms with Crippen LogP contribution in [0.1, 0.15) is 52.0 Å². The van der Waals surface area contributed by atoms with Gasteiger partial charge in [-0.05, 0) is 48.9 Å². The molecule has 19 heavy (non-hydrogen) atoms. The summed E-state index contributed by atoms with van der Waals surface area (Å²) in [7, 11) is 0. The lowest BCUT2D eigenvalue weighted by Gasteiger charge is -2.33. The maximum atomic E-state index is 13.0. The molecule has 1 aromatic carbocycles. The third kappa shape index (κ3) is 5.32. The Morgan fingerprint density at radius 2 is 1.79 bits per heavy atom. The maximum Gasteiger partial charge on any atom is 0.123 e. The van der Waals surface area contributed by atoms with E-state index >= 15 is 0 Å². The van der Waals surface area contributed by atoms with Crippen molar-refractivity contribution in [2.75, 3.05) is 13.1 Å². The van der Waals surface area contributed by atoms with Gasteiger partial charge in [-0.2, -0.15) is 0 Å². The fourth-order valence-corrected chi connectivity index (χ4v) is 2.64. The summed E-state index contributed by atoms with van der Waals surface area (Å²) in [6.45, 7) is 8.73. The van der Waals surface area contributed by atoms with Crippen molar-refractivity contribution in [2.45, 2.75) is 52.9 Å². The maximum absolute atomic E-state index is 13.0. The minimum Gasteiger partial charge on any atom is -0.316 e. The first kappa shape index (κ1) is 16.2. The molecule has 1 unspecified atom stereocenters. The van der Waals surface area contributed by atoms with Gasteiger partial charge < -0.3 is 5.32 Å². The number of nitrogens with one attached hydrogen (secondary N) is 1. The fourth-order valence-electron chi connectivity index (χ4n) is 2.64. The molecular weight excluding hydrogens is 237 g/mol. The largest absolute Gasteiger partial charge is 0.316 e. The molecule has 0 fully saturated rings. The lowest BCUT2D eigenvalue weighted by molar-refractivity contribution is 0.230. The van der Waals surface area contributed by atoms with Crippen LogP contribution < -0.4 is 5.32 Å². The highest BCUT2D eigenvalue weighted by molar-refractivity contribution is 5.18. The molecule has 0 aromatic heterocycles. The monoisotopic (exact) mass is 265 g/mol. The van der Waals surface area contributed by atoms with Gasteiger partial charge in [0.15, 0.2) is 0 Å². The number of halogens is 1. The summed E-state index contributed by atoms with van der Waals surface area (Å²) >= 11 is 0. The van der Waals surface area contributed by atoms with E-state index < -0.39 is 0 Å². The Labute approximate surface area is 117 Å². The Balaban J connectivity index is 2.78. The lowest BCUT2D eigenvalue weighted by Crippen LogP contribution is -2.36. The zero-order valence-electron chi connectivity index (χ0n) is 12.6. The van der Waals surface area contributed by atoms with E-state index in [2.05, 4.69) is 26.1 Å². The van der Waals surface area contributed by atoms with Gasteiger partial charge in [0.05, 0.1) is 0 Å². The molecule has 108 valence electrons. The van der Waals surface area contributed by atoms with Crippen molar-refractivity contribution in [3.05, 3.63) is 35.6 Å². The molecule has 2 heteroatoms. The van der Waals surface area contributed by atoms with Gasteiger partial charge >= 0.3 is 0 Å². The molecule has 1 aromatic rings. The van der Waals surface area contributed by atoms with Crippen LogP contribution >= 0.6 is 0 Å². The van der Waals surface area contributed by atoms with Gasteiger partial charge in [-0.25, -0.2) is 4.39 Å². The summed E-state index contributed by atoms with van der Waals surface area (Å²) in [5.41, 5.74) is 1.56. The van der Waals surface area contributed by atoms with Crippen molar-refractivity contribution in [1.29, 1.82) is 0 Å². The topological polar surface area (TPSA) is 12.0 Å². The summed E-state index contributed by atoms with van der Waals surface area (Å²) in [4.78, 5) is 0. The van der Waals surface area contributed by atoms with Crippen LogP contribution in [0.4, 0.5) is 4.39 Å². The van der Waals surface area contributed by atoms with Crippen LogP contribution in [0, 0.1) is 11.2 Å². The fraction of sp³-hybridized carbons (Fsp3) is 0.647. The zero-order valence-corrected chi connectivity index (χ0v) is 12.6. The molecule has 1 rings (SSSR count). The number of hydrogen-bond donors (Lipinski definition) is 1. The minimum absolute atomic E-state index is 0.147. The van der Waals surface area contributed by atoms with Crippen molar-refractivity contribution in [3.8, 4) is 0 Å².